The maximum Gasteiger partial charge on any atom is 0.416 e. The van der Waals surface area contributed by atoms with Gasteiger partial charge in [-0.15, -0.1) is 13.1 Å². The molecule has 0 saturated carbocycles. The number of amides is 1. The van der Waals surface area contributed by atoms with Gasteiger partial charge in [-0.2, -0.15) is 13.2 Å². The van der Waals surface area contributed by atoms with Crippen LogP contribution in [0.25, 0.3) is 5.32 Å². The number of alkyl halides is 3. The third kappa shape index (κ3) is 9.23. The first-order valence-corrected chi connectivity index (χ1v) is 11.4. The molecule has 1 radical (unpaired) electrons. The predicted octanol–water partition coefficient (Wildman–Crippen LogP) is 5.60. The molecule has 4 rings (SSSR count). The molecule has 0 bridgehead atoms. The van der Waals surface area contributed by atoms with Gasteiger partial charge in [0.05, 0.1) is 17.9 Å². The number of aromatic hydroxyl groups is 1. The first kappa shape index (κ1) is 32.1. The van der Waals surface area contributed by atoms with Crippen LogP contribution in [0.5, 0.6) is 5.75 Å². The van der Waals surface area contributed by atoms with Gasteiger partial charge >= 0.3 is 6.18 Å². The Morgan fingerprint density at radius 1 is 1.03 bits per heavy atom. The smallest absolute Gasteiger partial charge is 0.416 e. The van der Waals surface area contributed by atoms with Crippen LogP contribution in [0.1, 0.15) is 29.2 Å². The average Bonchev–Trinajstić information content (AvgIpc) is 2.90. The Balaban J connectivity index is 0.000000346. The molecule has 1 atom stereocenters. The number of nitrogens with zero attached hydrogens (tertiary/aromatic N) is 2. The summed E-state index contributed by atoms with van der Waals surface area (Å²) in [6, 6.07) is 16.8. The number of aliphatic imine (C=N–C) groups is 1. The Morgan fingerprint density at radius 2 is 1.67 bits per heavy atom. The summed E-state index contributed by atoms with van der Waals surface area (Å²) in [5.74, 6) is -2.59. The zero-order valence-corrected chi connectivity index (χ0v) is 23.3. The van der Waals surface area contributed by atoms with Crippen molar-refractivity contribution in [1.29, 1.82) is 0 Å². The van der Waals surface area contributed by atoms with Crippen LogP contribution < -0.4 is 11.1 Å². The number of phenols is 1. The number of carbonyl (C=O) groups is 1. The normalized spacial score (nSPS) is 14.2. The molecule has 0 aromatic heterocycles. The SMILES string of the molecule is NC=NC1=C(C(=O)NC(c2ccccc2)c2ccc(F)cc2)CC[N-]C1.Oc1ccc(C(F)(F)F)cc1F.[Y]. The third-order valence-electron chi connectivity index (χ3n) is 5.52. The second-order valence-electron chi connectivity index (χ2n) is 8.09. The summed E-state index contributed by atoms with van der Waals surface area (Å²) < 4.78 is 61.2. The molecule has 0 saturated heterocycles. The zero-order valence-electron chi connectivity index (χ0n) is 20.5. The molecule has 1 aliphatic heterocycles. The minimum atomic E-state index is -4.57. The summed E-state index contributed by atoms with van der Waals surface area (Å²) in [4.78, 5) is 17.0. The maximum atomic E-state index is 13.3. The van der Waals surface area contributed by atoms with E-state index in [1.165, 1.54) is 18.5 Å². The molecule has 0 aliphatic carbocycles. The van der Waals surface area contributed by atoms with E-state index in [2.05, 4.69) is 15.6 Å². The molecular weight excluding hydrogens is 596 g/mol. The third-order valence-corrected chi connectivity index (χ3v) is 5.52. The number of nitrogens with one attached hydrogen (secondary N) is 1. The summed E-state index contributed by atoms with van der Waals surface area (Å²) in [7, 11) is 0. The molecule has 1 amide bonds. The first-order chi connectivity index (χ1) is 18.1. The Hall–Kier alpha value is -3.15. The molecule has 1 heterocycles. The van der Waals surface area contributed by atoms with Gasteiger partial charge in [0.1, 0.15) is 5.82 Å². The molecule has 1 unspecified atom stereocenters. The van der Waals surface area contributed by atoms with Crippen LogP contribution in [0.15, 0.2) is 89.1 Å². The monoisotopic (exact) mass is 620 g/mol. The van der Waals surface area contributed by atoms with Crippen LogP contribution in [0.3, 0.4) is 0 Å². The van der Waals surface area contributed by atoms with Crippen LogP contribution in [0.2, 0.25) is 0 Å². The number of hydrogen-bond acceptors (Lipinski definition) is 3. The number of hydrogen-bond donors (Lipinski definition) is 3. The predicted molar refractivity (Wildman–Crippen MR) is 133 cm³/mol. The molecule has 4 N–H and O–H groups in total. The number of benzene rings is 3. The number of phenolic OH excluding ortho intramolecular Hbond substituents is 1. The van der Waals surface area contributed by atoms with Crippen molar-refractivity contribution < 1.29 is 64.6 Å². The Morgan fingerprint density at radius 3 is 2.26 bits per heavy atom. The minimum Gasteiger partial charge on any atom is -0.657 e. The summed E-state index contributed by atoms with van der Waals surface area (Å²) in [6.07, 6.45) is -2.88. The molecule has 39 heavy (non-hydrogen) atoms. The summed E-state index contributed by atoms with van der Waals surface area (Å²) >= 11 is 0. The molecule has 0 fully saturated rings. The molecule has 203 valence electrons. The quantitative estimate of drug-likeness (QED) is 0.197. The van der Waals surface area contributed by atoms with E-state index in [0.29, 0.717) is 42.9 Å². The van der Waals surface area contributed by atoms with E-state index in [0.717, 1.165) is 11.1 Å². The van der Waals surface area contributed by atoms with Crippen LogP contribution in [0.4, 0.5) is 22.0 Å². The second kappa shape index (κ2) is 14.9. The molecule has 3 aromatic rings. The minimum absolute atomic E-state index is 0. The topological polar surface area (TPSA) is 102 Å². The largest absolute Gasteiger partial charge is 0.657 e. The van der Waals surface area contributed by atoms with E-state index in [1.807, 2.05) is 30.3 Å². The van der Waals surface area contributed by atoms with Crippen molar-refractivity contribution in [2.24, 2.45) is 10.7 Å². The van der Waals surface area contributed by atoms with Crippen molar-refractivity contribution in [2.45, 2.75) is 18.6 Å². The van der Waals surface area contributed by atoms with Crippen LogP contribution >= 0.6 is 0 Å². The van der Waals surface area contributed by atoms with Gasteiger partial charge in [-0.1, -0.05) is 42.5 Å². The molecule has 3 aromatic carbocycles. The summed E-state index contributed by atoms with van der Waals surface area (Å²) in [5, 5.41) is 15.9. The first-order valence-electron chi connectivity index (χ1n) is 11.4. The molecule has 12 heteroatoms. The van der Waals surface area contributed by atoms with Crippen molar-refractivity contribution in [3.8, 4) is 5.75 Å². The molecule has 0 spiro atoms. The Kier molecular flexibility index (Phi) is 12.2. The van der Waals surface area contributed by atoms with Gasteiger partial charge < -0.3 is 21.5 Å². The van der Waals surface area contributed by atoms with Gasteiger partial charge in [-0.05, 0) is 47.9 Å². The van der Waals surface area contributed by atoms with E-state index >= 15 is 0 Å². The fourth-order valence-corrected chi connectivity index (χ4v) is 3.63. The Labute approximate surface area is 247 Å². The van der Waals surface area contributed by atoms with Crippen LogP contribution in [-0.4, -0.2) is 30.4 Å². The summed E-state index contributed by atoms with van der Waals surface area (Å²) in [5.41, 5.74) is 7.16. The number of rotatable bonds is 5. The van der Waals surface area contributed by atoms with Gasteiger partial charge in [0.15, 0.2) is 11.6 Å². The van der Waals surface area contributed by atoms with Crippen LogP contribution in [0, 0.1) is 11.6 Å². The van der Waals surface area contributed by atoms with Gasteiger partial charge in [-0.25, -0.2) is 13.8 Å². The van der Waals surface area contributed by atoms with Gasteiger partial charge in [0.25, 0.3) is 0 Å². The van der Waals surface area contributed by atoms with Gasteiger partial charge in [-0.3, -0.25) is 4.79 Å². The molecule has 6 nitrogen and oxygen atoms in total. The number of carbonyl (C=O) groups excluding carboxylic acids is 1. The van der Waals surface area contributed by atoms with Crippen molar-refractivity contribution in [3.05, 3.63) is 118 Å². The zero-order chi connectivity index (χ0) is 27.7. The van der Waals surface area contributed by atoms with Crippen molar-refractivity contribution in [3.63, 3.8) is 0 Å². The molecule has 1 aliphatic rings. The van der Waals surface area contributed by atoms with Crippen molar-refractivity contribution in [2.75, 3.05) is 13.1 Å². The van der Waals surface area contributed by atoms with Crippen molar-refractivity contribution in [1.82, 2.24) is 5.32 Å². The summed E-state index contributed by atoms with van der Waals surface area (Å²) in [6.45, 7) is 0.960. The number of halogens is 5. The van der Waals surface area contributed by atoms with E-state index in [4.69, 9.17) is 10.8 Å². The number of nitrogens with two attached hydrogens (primary N) is 1. The maximum absolute atomic E-state index is 13.3. The van der Waals surface area contributed by atoms with E-state index in [1.54, 1.807) is 12.1 Å². The fraction of sp³-hybridized carbons (Fsp3) is 0.185. The Bertz CT molecular complexity index is 1300. The average molecular weight is 620 g/mol. The van der Waals surface area contributed by atoms with E-state index in [-0.39, 0.29) is 50.5 Å². The standard InChI is InChI=1S/C20H20FN4O.C7H4F4O.Y/c21-16-8-6-15(7-9-16)19(14-4-2-1-3-5-14)25-20(26)17-10-11-23-12-18(17)24-13-22;8-5-3-4(7(9,10)11)1-2-6(5)12;/h1-9,13,19H,10-12H2,(H2,22,24)(H,25,26);1-3,12H;/q-1;;. The second-order valence-corrected chi connectivity index (χ2v) is 8.09. The van der Waals surface area contributed by atoms with Gasteiger partial charge in [0, 0.05) is 44.0 Å². The fourth-order valence-electron chi connectivity index (χ4n) is 3.63. The van der Waals surface area contributed by atoms with Gasteiger partial charge in [0.2, 0.25) is 5.91 Å². The molecular formula is C27H24F5N4O2Y-. The van der Waals surface area contributed by atoms with E-state index in [9.17, 15) is 26.7 Å². The van der Waals surface area contributed by atoms with Crippen LogP contribution in [-0.2, 0) is 43.7 Å². The van der Waals surface area contributed by atoms with E-state index < -0.39 is 29.3 Å². The van der Waals surface area contributed by atoms with Crippen molar-refractivity contribution >= 4 is 12.2 Å².